The van der Waals surface area contributed by atoms with Crippen LogP contribution in [0.3, 0.4) is 0 Å². The minimum atomic E-state index is -0.683. The van der Waals surface area contributed by atoms with E-state index in [0.717, 1.165) is 69.5 Å². The molecule has 0 radical (unpaired) electrons. The van der Waals surface area contributed by atoms with Crippen molar-refractivity contribution in [2.45, 2.75) is 57.7 Å². The predicted octanol–water partition coefficient (Wildman–Crippen LogP) is 6.20. The summed E-state index contributed by atoms with van der Waals surface area (Å²) in [7, 11) is 2.57. The van der Waals surface area contributed by atoms with E-state index >= 15 is 0 Å². The number of aromatic amines is 2. The highest BCUT2D eigenvalue weighted by atomic mass is 16.5. The maximum Gasteiger partial charge on any atom is 0.407 e. The van der Waals surface area contributed by atoms with Gasteiger partial charge in [0.1, 0.15) is 24.2 Å². The van der Waals surface area contributed by atoms with Crippen LogP contribution >= 0.6 is 0 Å². The van der Waals surface area contributed by atoms with Crippen molar-refractivity contribution in [3.63, 3.8) is 0 Å². The van der Waals surface area contributed by atoms with Gasteiger partial charge in [0, 0.05) is 31.9 Å². The van der Waals surface area contributed by atoms with Gasteiger partial charge in [0.15, 0.2) is 0 Å². The van der Waals surface area contributed by atoms with Gasteiger partial charge < -0.3 is 44.6 Å². The first kappa shape index (κ1) is 40.0. The average molecular weight is 791 g/mol. The number of hydrogen-bond donors (Lipinski definition) is 4. The average Bonchev–Trinajstić information content (AvgIpc) is 4.06. The molecule has 1 unspecified atom stereocenters. The Morgan fingerprint density at radius 3 is 2.22 bits per heavy atom. The molecule has 4 amide bonds. The number of H-pyrrole nitrogens is 2. The maximum absolute atomic E-state index is 13.9. The molecular formula is C43H50N8O7. The molecule has 58 heavy (non-hydrogen) atoms. The second-order valence-electron chi connectivity index (χ2n) is 14.7. The van der Waals surface area contributed by atoms with Crippen LogP contribution in [0.4, 0.5) is 9.59 Å². The van der Waals surface area contributed by atoms with Gasteiger partial charge in [-0.15, -0.1) is 0 Å². The lowest BCUT2D eigenvalue weighted by atomic mass is 9.90. The number of benzene rings is 3. The van der Waals surface area contributed by atoms with Crippen molar-refractivity contribution >= 4 is 34.8 Å². The highest BCUT2D eigenvalue weighted by Crippen LogP contribution is 2.35. The first-order valence-electron chi connectivity index (χ1n) is 19.8. The molecule has 2 atom stereocenters. The van der Waals surface area contributed by atoms with E-state index in [9.17, 15) is 19.2 Å². The fraction of sp³-hybridized carbons (Fsp3) is 0.395. The fourth-order valence-corrected chi connectivity index (χ4v) is 7.86. The van der Waals surface area contributed by atoms with Crippen molar-refractivity contribution in [1.29, 1.82) is 0 Å². The van der Waals surface area contributed by atoms with Crippen LogP contribution in [0.2, 0.25) is 0 Å². The Labute approximate surface area is 336 Å². The monoisotopic (exact) mass is 790 g/mol. The third-order valence-electron chi connectivity index (χ3n) is 11.0. The Bertz CT molecular complexity index is 2230. The first-order chi connectivity index (χ1) is 28.2. The third kappa shape index (κ3) is 9.15. The number of methoxy groups -OCH3 is 2. The molecule has 0 saturated carbocycles. The number of carbonyl (C=O) groups excluding carboxylic acids is 4. The zero-order valence-electron chi connectivity index (χ0n) is 33.1. The summed E-state index contributed by atoms with van der Waals surface area (Å²) in [6.07, 6.45) is 6.10. The van der Waals surface area contributed by atoms with Crippen LogP contribution in [0.25, 0.3) is 44.4 Å². The molecular weight excluding hydrogens is 741 g/mol. The van der Waals surface area contributed by atoms with Gasteiger partial charge in [0.2, 0.25) is 11.8 Å². The van der Waals surface area contributed by atoms with Crippen molar-refractivity contribution in [2.75, 3.05) is 47.1 Å². The van der Waals surface area contributed by atoms with Crippen molar-refractivity contribution in [3.05, 3.63) is 84.7 Å². The molecule has 15 heteroatoms. The summed E-state index contributed by atoms with van der Waals surface area (Å²) in [4.78, 5) is 70.0. The summed E-state index contributed by atoms with van der Waals surface area (Å²) in [5.74, 6) is 1.02. The maximum atomic E-state index is 13.9. The summed E-state index contributed by atoms with van der Waals surface area (Å²) >= 11 is 0. The molecule has 0 bridgehead atoms. The molecule has 0 spiro atoms. The smallest absolute Gasteiger partial charge is 0.407 e. The van der Waals surface area contributed by atoms with Gasteiger partial charge >= 0.3 is 12.2 Å². The number of nitrogens with one attached hydrogen (secondary N) is 4. The van der Waals surface area contributed by atoms with E-state index in [-0.39, 0.29) is 30.3 Å². The van der Waals surface area contributed by atoms with Crippen molar-refractivity contribution in [3.8, 4) is 33.6 Å². The van der Waals surface area contributed by atoms with Crippen LogP contribution in [0.1, 0.15) is 56.7 Å². The summed E-state index contributed by atoms with van der Waals surface area (Å²) in [5, 5.41) is 7.43. The van der Waals surface area contributed by atoms with Crippen LogP contribution in [0.5, 0.6) is 0 Å². The lowest BCUT2D eigenvalue weighted by molar-refractivity contribution is -0.136. The lowest BCUT2D eigenvalue weighted by Gasteiger charge is -2.34. The zero-order chi connectivity index (χ0) is 40.6. The molecule has 2 fully saturated rings. The topological polar surface area (TPSA) is 184 Å². The summed E-state index contributed by atoms with van der Waals surface area (Å²) in [5.41, 5.74) is 5.83. The van der Waals surface area contributed by atoms with Gasteiger partial charge in [-0.05, 0) is 77.6 Å². The minimum Gasteiger partial charge on any atom is -0.453 e. The van der Waals surface area contributed by atoms with E-state index in [0.29, 0.717) is 51.5 Å². The number of imidazole rings is 2. The second-order valence-corrected chi connectivity index (χ2v) is 14.7. The molecule has 2 saturated heterocycles. The highest BCUT2D eigenvalue weighted by molar-refractivity contribution is 5.91. The Balaban J connectivity index is 1.01. The number of hydrogen-bond acceptors (Lipinski definition) is 9. The van der Waals surface area contributed by atoms with E-state index in [1.54, 1.807) is 11.1 Å². The Morgan fingerprint density at radius 2 is 1.50 bits per heavy atom. The molecule has 15 nitrogen and oxygen atoms in total. The van der Waals surface area contributed by atoms with Crippen molar-refractivity contribution < 1.29 is 33.4 Å². The fourth-order valence-electron chi connectivity index (χ4n) is 7.86. The quantitative estimate of drug-likeness (QED) is 0.108. The van der Waals surface area contributed by atoms with Gasteiger partial charge in [0.25, 0.3) is 0 Å². The van der Waals surface area contributed by atoms with Crippen molar-refractivity contribution in [2.24, 2.45) is 5.92 Å². The third-order valence-corrected chi connectivity index (χ3v) is 11.0. The SMILES string of the molecule is CCCN(Cc1ncc(-c2ccc3cc(-c4ccc(-c5cnc([C@@H]6CCCN6C(=O)C(NC(=O)OC)C6CCOCC6)[nH]5)cc4)ccc3c2)[nH]1)C(=O)CNC(=O)OC. The van der Waals surface area contributed by atoms with E-state index in [1.165, 1.54) is 14.2 Å². The summed E-state index contributed by atoms with van der Waals surface area (Å²) < 4.78 is 15.0. The van der Waals surface area contributed by atoms with Gasteiger partial charge in [-0.1, -0.05) is 55.5 Å². The van der Waals surface area contributed by atoms with E-state index in [4.69, 9.17) is 14.5 Å². The Morgan fingerprint density at radius 1 is 0.845 bits per heavy atom. The van der Waals surface area contributed by atoms with E-state index in [1.807, 2.05) is 18.0 Å². The first-order valence-corrected chi connectivity index (χ1v) is 19.8. The van der Waals surface area contributed by atoms with Crippen LogP contribution in [0, 0.1) is 5.92 Å². The zero-order valence-corrected chi connectivity index (χ0v) is 33.1. The Kier molecular flexibility index (Phi) is 12.7. The van der Waals surface area contributed by atoms with Crippen LogP contribution in [-0.2, 0) is 30.3 Å². The van der Waals surface area contributed by atoms with Gasteiger partial charge in [0.05, 0.1) is 50.6 Å². The van der Waals surface area contributed by atoms with Crippen LogP contribution in [0.15, 0.2) is 73.1 Å². The molecule has 4 N–H and O–H groups in total. The molecule has 2 aliphatic heterocycles. The number of alkyl carbamates (subject to hydrolysis) is 2. The number of aromatic nitrogens is 4. The number of likely N-dealkylation sites (tertiary alicyclic amines) is 1. The standard InChI is InChI=1S/C43H50N8O7/c1-4-17-50(38(52)25-46-42(54)56-2)26-37-44-23-35(47-37)33-14-13-31-21-30(11-12-32(31)22-33)27-7-9-28(10-8-27)34-24-45-40(48-34)36-6-5-18-51(36)41(53)39(49-43(55)57-3)29-15-19-58-20-16-29/h7-14,21-24,29,36,39H,4-6,15-20,25-26H2,1-3H3,(H,44,47)(H,45,48)(H,46,54)(H,49,55)/t36-,39?/m0/s1. The highest BCUT2D eigenvalue weighted by Gasteiger charge is 2.40. The molecule has 0 aliphatic carbocycles. The lowest BCUT2D eigenvalue weighted by Crippen LogP contribution is -2.53. The van der Waals surface area contributed by atoms with Crippen LogP contribution in [-0.4, -0.2) is 107 Å². The molecule has 4 heterocycles. The molecule has 304 valence electrons. The number of nitrogens with zero attached hydrogens (tertiary/aromatic N) is 4. The van der Waals surface area contributed by atoms with Gasteiger partial charge in [-0.25, -0.2) is 19.6 Å². The Hall–Kier alpha value is -6.22. The molecule has 5 aromatic rings. The van der Waals surface area contributed by atoms with Crippen molar-refractivity contribution in [1.82, 2.24) is 40.4 Å². The van der Waals surface area contributed by atoms with E-state index < -0.39 is 18.2 Å². The molecule has 7 rings (SSSR count). The number of rotatable bonds is 13. The largest absolute Gasteiger partial charge is 0.453 e. The molecule has 2 aliphatic rings. The number of carbonyl (C=O) groups is 4. The number of ether oxygens (including phenoxy) is 3. The minimum absolute atomic E-state index is 0.0259. The summed E-state index contributed by atoms with van der Waals surface area (Å²) in [6.45, 7) is 4.38. The molecule has 2 aromatic heterocycles. The van der Waals surface area contributed by atoms with Gasteiger partial charge in [-0.2, -0.15) is 0 Å². The van der Waals surface area contributed by atoms with Gasteiger partial charge in [-0.3, -0.25) is 9.59 Å². The van der Waals surface area contributed by atoms with E-state index in [2.05, 4.69) is 91.0 Å². The normalized spacial score (nSPS) is 16.2. The number of fused-ring (bicyclic) bond motifs is 1. The molecule has 3 aromatic carbocycles. The van der Waals surface area contributed by atoms with Crippen LogP contribution < -0.4 is 10.6 Å². The predicted molar refractivity (Wildman–Crippen MR) is 217 cm³/mol. The second kappa shape index (κ2) is 18.4. The summed E-state index contributed by atoms with van der Waals surface area (Å²) in [6, 6.07) is 20.1. The number of amides is 4.